The first kappa shape index (κ1) is 17.8. The fourth-order valence-corrected chi connectivity index (χ4v) is 1.99. The Balaban J connectivity index is 2.51. The zero-order chi connectivity index (χ0) is 15.7. The van der Waals surface area contributed by atoms with Gasteiger partial charge in [0.2, 0.25) is 0 Å². The third kappa shape index (κ3) is 7.34. The molecule has 0 aliphatic heterocycles. The van der Waals surface area contributed by atoms with E-state index in [0.717, 1.165) is 17.9 Å². The normalized spacial score (nSPS) is 13.2. The summed E-state index contributed by atoms with van der Waals surface area (Å²) >= 11 is 0. The average molecular weight is 305 g/mol. The number of nitrogens with one attached hydrogen (secondary N) is 1. The molecule has 0 heterocycles. The number of rotatable bonds is 9. The van der Waals surface area contributed by atoms with Gasteiger partial charge in [-0.1, -0.05) is 19.1 Å². The first-order valence-corrected chi connectivity index (χ1v) is 7.07. The Labute approximate surface area is 123 Å². The van der Waals surface area contributed by atoms with Gasteiger partial charge >= 0.3 is 6.18 Å². The molecule has 0 aromatic heterocycles. The minimum Gasteiger partial charge on any atom is -0.494 e. The van der Waals surface area contributed by atoms with Crippen LogP contribution in [0.15, 0.2) is 24.3 Å². The van der Waals surface area contributed by atoms with Crippen LogP contribution in [0.25, 0.3) is 0 Å². The van der Waals surface area contributed by atoms with Crippen molar-refractivity contribution in [3.63, 3.8) is 0 Å². The number of hydrogen-bond acceptors (Lipinski definition) is 3. The van der Waals surface area contributed by atoms with E-state index in [2.05, 4.69) is 10.1 Å². The standard InChI is InChI=1S/C15H22F3NO2/c1-3-19-14(9-10-20-11-15(16,17)18)12-5-7-13(8-6-12)21-4-2/h5-8,14,19H,3-4,9-11H2,1-2H3. The maximum atomic E-state index is 12.0. The number of alkyl halides is 3. The number of ether oxygens (including phenoxy) is 2. The van der Waals surface area contributed by atoms with Gasteiger partial charge in [-0.05, 0) is 37.6 Å². The Morgan fingerprint density at radius 3 is 2.33 bits per heavy atom. The summed E-state index contributed by atoms with van der Waals surface area (Å²) in [7, 11) is 0. The third-order valence-electron chi connectivity index (χ3n) is 2.86. The van der Waals surface area contributed by atoms with E-state index in [1.54, 1.807) is 0 Å². The van der Waals surface area contributed by atoms with E-state index in [1.807, 2.05) is 38.1 Å². The zero-order valence-electron chi connectivity index (χ0n) is 12.4. The SMILES string of the molecule is CCNC(CCOCC(F)(F)F)c1ccc(OCC)cc1. The first-order valence-electron chi connectivity index (χ1n) is 7.07. The van der Waals surface area contributed by atoms with Crippen molar-refractivity contribution < 1.29 is 22.6 Å². The van der Waals surface area contributed by atoms with Crippen LogP contribution in [0.2, 0.25) is 0 Å². The summed E-state index contributed by atoms with van der Waals surface area (Å²) in [6.45, 7) is 4.06. The minimum absolute atomic E-state index is 0.0288. The fourth-order valence-electron chi connectivity index (χ4n) is 1.99. The van der Waals surface area contributed by atoms with Crippen LogP contribution in [-0.2, 0) is 4.74 Å². The van der Waals surface area contributed by atoms with Gasteiger partial charge in [0.15, 0.2) is 0 Å². The highest BCUT2D eigenvalue weighted by Crippen LogP contribution is 2.21. The molecule has 0 aliphatic carbocycles. The molecule has 0 fully saturated rings. The monoisotopic (exact) mass is 305 g/mol. The zero-order valence-corrected chi connectivity index (χ0v) is 12.4. The highest BCUT2D eigenvalue weighted by atomic mass is 19.4. The fraction of sp³-hybridized carbons (Fsp3) is 0.600. The van der Waals surface area contributed by atoms with E-state index in [-0.39, 0.29) is 12.6 Å². The van der Waals surface area contributed by atoms with Crippen LogP contribution in [0, 0.1) is 0 Å². The van der Waals surface area contributed by atoms with Crippen molar-refractivity contribution in [2.75, 3.05) is 26.4 Å². The van der Waals surface area contributed by atoms with Crippen molar-refractivity contribution in [2.24, 2.45) is 0 Å². The molecule has 3 nitrogen and oxygen atoms in total. The second-order valence-corrected chi connectivity index (χ2v) is 4.57. The molecular weight excluding hydrogens is 283 g/mol. The summed E-state index contributed by atoms with van der Waals surface area (Å²) in [5.41, 5.74) is 1.01. The summed E-state index contributed by atoms with van der Waals surface area (Å²) < 4.78 is 46.1. The topological polar surface area (TPSA) is 30.5 Å². The molecular formula is C15H22F3NO2. The second kappa shape index (κ2) is 8.89. The molecule has 1 aromatic carbocycles. The molecule has 1 N–H and O–H groups in total. The molecule has 21 heavy (non-hydrogen) atoms. The number of halogens is 3. The van der Waals surface area contributed by atoms with Gasteiger partial charge in [0.05, 0.1) is 6.61 Å². The van der Waals surface area contributed by atoms with Gasteiger partial charge in [-0.25, -0.2) is 0 Å². The second-order valence-electron chi connectivity index (χ2n) is 4.57. The highest BCUT2D eigenvalue weighted by Gasteiger charge is 2.27. The maximum Gasteiger partial charge on any atom is 0.411 e. The Kier molecular flexibility index (Phi) is 7.53. The van der Waals surface area contributed by atoms with E-state index >= 15 is 0 Å². The van der Waals surface area contributed by atoms with E-state index in [0.29, 0.717) is 13.0 Å². The van der Waals surface area contributed by atoms with Gasteiger partial charge in [0, 0.05) is 12.6 Å². The summed E-state index contributed by atoms with van der Waals surface area (Å²) in [6, 6.07) is 7.53. The van der Waals surface area contributed by atoms with E-state index in [1.165, 1.54) is 0 Å². The van der Waals surface area contributed by atoms with Gasteiger partial charge in [0.25, 0.3) is 0 Å². The van der Waals surface area contributed by atoms with Crippen molar-refractivity contribution in [3.05, 3.63) is 29.8 Å². The molecule has 0 saturated carbocycles. The molecule has 0 aliphatic rings. The number of hydrogen-bond donors (Lipinski definition) is 1. The van der Waals surface area contributed by atoms with Gasteiger partial charge in [-0.2, -0.15) is 13.2 Å². The van der Waals surface area contributed by atoms with E-state index in [4.69, 9.17) is 4.74 Å². The molecule has 120 valence electrons. The van der Waals surface area contributed by atoms with Crippen molar-refractivity contribution in [1.29, 1.82) is 0 Å². The van der Waals surface area contributed by atoms with E-state index < -0.39 is 12.8 Å². The summed E-state index contributed by atoms with van der Waals surface area (Å²) in [5, 5.41) is 3.25. The van der Waals surface area contributed by atoms with Gasteiger partial charge in [-0.15, -0.1) is 0 Å². The van der Waals surface area contributed by atoms with Crippen molar-refractivity contribution in [3.8, 4) is 5.75 Å². The molecule has 6 heteroatoms. The number of benzene rings is 1. The quantitative estimate of drug-likeness (QED) is 0.706. The summed E-state index contributed by atoms with van der Waals surface area (Å²) in [4.78, 5) is 0. The van der Waals surface area contributed by atoms with Gasteiger partial charge < -0.3 is 14.8 Å². The lowest BCUT2D eigenvalue weighted by Crippen LogP contribution is -2.24. The molecule has 1 rings (SSSR count). The van der Waals surface area contributed by atoms with E-state index in [9.17, 15) is 13.2 Å². The molecule has 1 unspecified atom stereocenters. The molecule has 0 amide bonds. The maximum absolute atomic E-state index is 12.0. The molecule has 0 bridgehead atoms. The van der Waals surface area contributed by atoms with Crippen molar-refractivity contribution >= 4 is 0 Å². The smallest absolute Gasteiger partial charge is 0.411 e. The van der Waals surface area contributed by atoms with Crippen LogP contribution in [0.5, 0.6) is 5.75 Å². The Morgan fingerprint density at radius 2 is 1.81 bits per heavy atom. The molecule has 0 saturated heterocycles. The highest BCUT2D eigenvalue weighted by molar-refractivity contribution is 5.29. The predicted octanol–water partition coefficient (Wildman–Crippen LogP) is 3.70. The third-order valence-corrected chi connectivity index (χ3v) is 2.86. The average Bonchev–Trinajstić information content (AvgIpc) is 2.42. The van der Waals surface area contributed by atoms with Crippen molar-refractivity contribution in [2.45, 2.75) is 32.5 Å². The van der Waals surface area contributed by atoms with Crippen molar-refractivity contribution in [1.82, 2.24) is 5.32 Å². The lowest BCUT2D eigenvalue weighted by Gasteiger charge is -2.19. The summed E-state index contributed by atoms with van der Waals surface area (Å²) in [5.74, 6) is 0.782. The summed E-state index contributed by atoms with van der Waals surface area (Å²) in [6.07, 6.45) is -3.79. The van der Waals surface area contributed by atoms with Crippen LogP contribution in [0.1, 0.15) is 31.9 Å². The molecule has 1 aromatic rings. The first-order chi connectivity index (χ1) is 9.96. The minimum atomic E-state index is -4.27. The van der Waals surface area contributed by atoms with Crippen LogP contribution in [-0.4, -0.2) is 32.5 Å². The Morgan fingerprint density at radius 1 is 1.14 bits per heavy atom. The van der Waals surface area contributed by atoms with Gasteiger partial charge in [0.1, 0.15) is 12.4 Å². The largest absolute Gasteiger partial charge is 0.494 e. The lowest BCUT2D eigenvalue weighted by molar-refractivity contribution is -0.174. The molecule has 1 atom stereocenters. The van der Waals surface area contributed by atoms with Crippen LogP contribution in [0.4, 0.5) is 13.2 Å². The van der Waals surface area contributed by atoms with Gasteiger partial charge in [-0.3, -0.25) is 0 Å². The lowest BCUT2D eigenvalue weighted by atomic mass is 10.0. The Bertz CT molecular complexity index is 393. The predicted molar refractivity (Wildman–Crippen MR) is 75.5 cm³/mol. The van der Waals surface area contributed by atoms with Crippen LogP contribution >= 0.6 is 0 Å². The molecule has 0 radical (unpaired) electrons. The Hall–Kier alpha value is -1.27. The molecule has 0 spiro atoms. The van der Waals surface area contributed by atoms with Crippen LogP contribution in [0.3, 0.4) is 0 Å². The van der Waals surface area contributed by atoms with Crippen LogP contribution < -0.4 is 10.1 Å².